The maximum absolute atomic E-state index is 12.4. The van der Waals surface area contributed by atoms with Gasteiger partial charge in [0.05, 0.1) is 19.0 Å². The normalized spacial score (nSPS) is 14.9. The van der Waals surface area contributed by atoms with E-state index in [1.807, 2.05) is 17.0 Å². The lowest BCUT2D eigenvalue weighted by Crippen LogP contribution is -2.41. The number of rotatable bonds is 6. The Kier molecular flexibility index (Phi) is 6.04. The highest BCUT2D eigenvalue weighted by atomic mass is 32.2. The number of morpholine rings is 1. The molecular weight excluding hydrogens is 338 g/mol. The van der Waals surface area contributed by atoms with Crippen LogP contribution >= 0.6 is 11.8 Å². The molecule has 1 amide bonds. The Labute approximate surface area is 151 Å². The van der Waals surface area contributed by atoms with Gasteiger partial charge in [-0.2, -0.15) is 0 Å². The molecule has 134 valence electrons. The highest BCUT2D eigenvalue weighted by molar-refractivity contribution is 7.99. The molecule has 8 heteroatoms. The number of hydrogen-bond acceptors (Lipinski definition) is 6. The zero-order valence-corrected chi connectivity index (χ0v) is 15.4. The topological polar surface area (TPSA) is 73.1 Å². The van der Waals surface area contributed by atoms with Crippen molar-refractivity contribution in [1.29, 1.82) is 0 Å². The maximum atomic E-state index is 12.4. The minimum atomic E-state index is 0.123. The van der Waals surface area contributed by atoms with Crippen molar-refractivity contribution in [3.63, 3.8) is 0 Å². The van der Waals surface area contributed by atoms with Crippen LogP contribution in [0.25, 0.3) is 11.4 Å². The average molecular weight is 361 g/mol. The second-order valence-corrected chi connectivity index (χ2v) is 7.27. The van der Waals surface area contributed by atoms with E-state index in [9.17, 15) is 4.79 Å². The smallest absolute Gasteiger partial charge is 0.233 e. The van der Waals surface area contributed by atoms with Gasteiger partial charge in [-0.1, -0.05) is 25.6 Å². The summed E-state index contributed by atoms with van der Waals surface area (Å²) in [6.45, 7) is 7.69. The molecular formula is C17H23N5O2S. The van der Waals surface area contributed by atoms with Crippen LogP contribution < -0.4 is 0 Å². The van der Waals surface area contributed by atoms with Crippen LogP contribution in [0.1, 0.15) is 13.8 Å². The van der Waals surface area contributed by atoms with Gasteiger partial charge in [-0.25, -0.2) is 0 Å². The molecule has 0 N–H and O–H groups in total. The number of amides is 1. The van der Waals surface area contributed by atoms with E-state index in [0.29, 0.717) is 38.0 Å². The summed E-state index contributed by atoms with van der Waals surface area (Å²) in [5.74, 6) is 1.76. The fraction of sp³-hybridized carbons (Fsp3) is 0.529. The molecule has 0 bridgehead atoms. The van der Waals surface area contributed by atoms with Gasteiger partial charge in [-0.3, -0.25) is 9.78 Å². The molecule has 3 heterocycles. The Bertz CT molecular complexity index is 698. The Morgan fingerprint density at radius 2 is 1.96 bits per heavy atom. The minimum absolute atomic E-state index is 0.123. The van der Waals surface area contributed by atoms with Crippen LogP contribution in [0.3, 0.4) is 0 Å². The number of carbonyl (C=O) groups excluding carboxylic acids is 1. The van der Waals surface area contributed by atoms with E-state index in [4.69, 9.17) is 4.74 Å². The molecule has 0 atom stereocenters. The first kappa shape index (κ1) is 17.9. The first-order valence-electron chi connectivity index (χ1n) is 8.47. The quantitative estimate of drug-likeness (QED) is 0.732. The van der Waals surface area contributed by atoms with Crippen LogP contribution in [0.2, 0.25) is 0 Å². The molecule has 3 rings (SSSR count). The number of pyridine rings is 1. The van der Waals surface area contributed by atoms with Gasteiger partial charge in [0.2, 0.25) is 5.91 Å². The van der Waals surface area contributed by atoms with Gasteiger partial charge in [0.25, 0.3) is 0 Å². The highest BCUT2D eigenvalue weighted by Gasteiger charge is 2.20. The second-order valence-electron chi connectivity index (χ2n) is 6.33. The first-order valence-corrected chi connectivity index (χ1v) is 9.45. The van der Waals surface area contributed by atoms with E-state index >= 15 is 0 Å². The minimum Gasteiger partial charge on any atom is -0.378 e. The molecule has 25 heavy (non-hydrogen) atoms. The van der Waals surface area contributed by atoms with E-state index in [1.54, 1.807) is 12.4 Å². The summed E-state index contributed by atoms with van der Waals surface area (Å²) in [4.78, 5) is 18.3. The molecule has 1 aliphatic rings. The molecule has 1 saturated heterocycles. The van der Waals surface area contributed by atoms with Crippen molar-refractivity contribution in [2.24, 2.45) is 5.92 Å². The number of hydrogen-bond donors (Lipinski definition) is 0. The third-order valence-corrected chi connectivity index (χ3v) is 4.84. The van der Waals surface area contributed by atoms with Gasteiger partial charge in [0, 0.05) is 37.6 Å². The van der Waals surface area contributed by atoms with Crippen molar-refractivity contribution in [2.45, 2.75) is 25.5 Å². The van der Waals surface area contributed by atoms with Crippen molar-refractivity contribution < 1.29 is 9.53 Å². The molecule has 7 nitrogen and oxygen atoms in total. The Balaban J connectivity index is 1.74. The maximum Gasteiger partial charge on any atom is 0.233 e. The van der Waals surface area contributed by atoms with Gasteiger partial charge >= 0.3 is 0 Å². The van der Waals surface area contributed by atoms with Gasteiger partial charge in [-0.05, 0) is 18.1 Å². The van der Waals surface area contributed by atoms with E-state index in [0.717, 1.165) is 23.1 Å². The predicted octanol–water partition coefficient (Wildman–Crippen LogP) is 1.95. The molecule has 0 spiro atoms. The molecule has 2 aromatic rings. The van der Waals surface area contributed by atoms with Crippen LogP contribution in [-0.4, -0.2) is 62.6 Å². The molecule has 0 aromatic carbocycles. The molecule has 0 unspecified atom stereocenters. The zero-order chi connectivity index (χ0) is 17.6. The van der Waals surface area contributed by atoms with Gasteiger partial charge in [0.15, 0.2) is 11.0 Å². The lowest BCUT2D eigenvalue weighted by atomic mass is 10.2. The van der Waals surface area contributed by atoms with Gasteiger partial charge < -0.3 is 14.2 Å². The number of thioether (sulfide) groups is 1. The van der Waals surface area contributed by atoms with Crippen LogP contribution in [0.15, 0.2) is 29.7 Å². The van der Waals surface area contributed by atoms with Crippen molar-refractivity contribution in [3.8, 4) is 11.4 Å². The summed E-state index contributed by atoms with van der Waals surface area (Å²) >= 11 is 1.45. The van der Waals surface area contributed by atoms with E-state index in [1.165, 1.54) is 11.8 Å². The van der Waals surface area contributed by atoms with Crippen LogP contribution in [-0.2, 0) is 16.1 Å². The highest BCUT2D eigenvalue weighted by Crippen LogP contribution is 2.25. The summed E-state index contributed by atoms with van der Waals surface area (Å²) in [6, 6.07) is 3.85. The van der Waals surface area contributed by atoms with Crippen molar-refractivity contribution in [2.75, 3.05) is 32.1 Å². The standard InChI is InChI=1S/C17H23N5O2S/c1-13(2)11-22-16(14-3-5-18-6-4-14)19-20-17(22)25-12-15(23)21-7-9-24-10-8-21/h3-6,13H,7-12H2,1-2H3. The predicted molar refractivity (Wildman–Crippen MR) is 96.2 cm³/mol. The lowest BCUT2D eigenvalue weighted by Gasteiger charge is -2.26. The number of aromatic nitrogens is 4. The monoisotopic (exact) mass is 361 g/mol. The van der Waals surface area contributed by atoms with E-state index in [-0.39, 0.29) is 5.91 Å². The summed E-state index contributed by atoms with van der Waals surface area (Å²) in [7, 11) is 0. The van der Waals surface area contributed by atoms with Crippen molar-refractivity contribution in [1.82, 2.24) is 24.6 Å². The SMILES string of the molecule is CC(C)Cn1c(SCC(=O)N2CCOCC2)nnc1-c1ccncc1. The Morgan fingerprint density at radius 1 is 1.24 bits per heavy atom. The van der Waals surface area contributed by atoms with E-state index < -0.39 is 0 Å². The number of ether oxygens (including phenoxy) is 1. The zero-order valence-electron chi connectivity index (χ0n) is 14.6. The Hall–Kier alpha value is -1.93. The molecule has 0 radical (unpaired) electrons. The van der Waals surface area contributed by atoms with Crippen molar-refractivity contribution in [3.05, 3.63) is 24.5 Å². The fourth-order valence-electron chi connectivity index (χ4n) is 2.67. The largest absolute Gasteiger partial charge is 0.378 e. The van der Waals surface area contributed by atoms with Gasteiger partial charge in [0.1, 0.15) is 0 Å². The molecule has 1 fully saturated rings. The third-order valence-electron chi connectivity index (χ3n) is 3.89. The summed E-state index contributed by atoms with van der Waals surface area (Å²) < 4.78 is 7.39. The van der Waals surface area contributed by atoms with Crippen LogP contribution in [0, 0.1) is 5.92 Å². The summed E-state index contributed by atoms with van der Waals surface area (Å²) in [5.41, 5.74) is 0.981. The van der Waals surface area contributed by atoms with Gasteiger partial charge in [-0.15, -0.1) is 10.2 Å². The van der Waals surface area contributed by atoms with Crippen LogP contribution in [0.4, 0.5) is 0 Å². The summed E-state index contributed by atoms with van der Waals surface area (Å²) in [5, 5.41) is 9.45. The number of carbonyl (C=O) groups is 1. The number of nitrogens with zero attached hydrogens (tertiary/aromatic N) is 5. The second kappa shape index (κ2) is 8.44. The Morgan fingerprint density at radius 3 is 2.64 bits per heavy atom. The summed E-state index contributed by atoms with van der Waals surface area (Å²) in [6.07, 6.45) is 3.50. The van der Waals surface area contributed by atoms with E-state index in [2.05, 4.69) is 33.6 Å². The average Bonchev–Trinajstić information content (AvgIpc) is 3.03. The molecule has 2 aromatic heterocycles. The first-order chi connectivity index (χ1) is 12.1. The fourth-order valence-corrected chi connectivity index (χ4v) is 3.52. The van der Waals surface area contributed by atoms with Crippen LogP contribution in [0.5, 0.6) is 0 Å². The third kappa shape index (κ3) is 4.58. The molecule has 1 aliphatic heterocycles. The molecule has 0 aliphatic carbocycles. The lowest BCUT2D eigenvalue weighted by molar-refractivity contribution is -0.132. The van der Waals surface area contributed by atoms with Crippen molar-refractivity contribution >= 4 is 17.7 Å². The molecule has 0 saturated carbocycles.